The van der Waals surface area contributed by atoms with E-state index in [9.17, 15) is 0 Å². The molecule has 0 bridgehead atoms. The second kappa shape index (κ2) is 6.48. The quantitative estimate of drug-likeness (QED) is 0.336. The van der Waals surface area contributed by atoms with Gasteiger partial charge in [-0.15, -0.1) is 25.3 Å². The van der Waals surface area contributed by atoms with Crippen LogP contribution >= 0.6 is 25.3 Å². The molecule has 0 saturated carbocycles. The second-order valence-electron chi connectivity index (χ2n) is 6.50. The summed E-state index contributed by atoms with van der Waals surface area (Å²) in [5, 5.41) is 3.09. The number of benzene rings is 4. The lowest BCUT2D eigenvalue weighted by molar-refractivity contribution is 0.926. The Kier molecular flexibility index (Phi) is 3.96. The van der Waals surface area contributed by atoms with Gasteiger partial charge in [-0.3, -0.25) is 4.57 Å². The summed E-state index contributed by atoms with van der Waals surface area (Å²) in [7, 11) is 0. The number of hydrogen-bond donors (Lipinski definition) is 2. The summed E-state index contributed by atoms with van der Waals surface area (Å²) in [6.45, 7) is 0. The Bertz CT molecular complexity index is 1300. The van der Waals surface area contributed by atoms with Gasteiger partial charge in [0.1, 0.15) is 0 Å². The summed E-state index contributed by atoms with van der Waals surface area (Å²) < 4.78 is 2.08. The molecule has 4 heteroatoms. The predicted octanol–water partition coefficient (Wildman–Crippen LogP) is 6.42. The summed E-state index contributed by atoms with van der Waals surface area (Å²) in [6.07, 6.45) is 0. The lowest BCUT2D eigenvalue weighted by Gasteiger charge is -2.12. The van der Waals surface area contributed by atoms with Crippen LogP contribution < -0.4 is 0 Å². The van der Waals surface area contributed by atoms with E-state index >= 15 is 0 Å². The van der Waals surface area contributed by atoms with Gasteiger partial charge in [-0.2, -0.15) is 0 Å². The van der Waals surface area contributed by atoms with Crippen molar-refractivity contribution >= 4 is 47.1 Å². The molecule has 0 aliphatic carbocycles. The van der Waals surface area contributed by atoms with Crippen molar-refractivity contribution in [2.24, 2.45) is 0 Å². The Balaban J connectivity index is 1.75. The van der Waals surface area contributed by atoms with Crippen LogP contribution in [0.1, 0.15) is 0 Å². The number of fused-ring (bicyclic) bond motifs is 2. The minimum Gasteiger partial charge on any atom is -0.288 e. The van der Waals surface area contributed by atoms with Gasteiger partial charge in [0, 0.05) is 10.6 Å². The second-order valence-corrected chi connectivity index (χ2v) is 7.42. The van der Waals surface area contributed by atoms with Gasteiger partial charge in [-0.1, -0.05) is 48.5 Å². The Labute approximate surface area is 168 Å². The van der Waals surface area contributed by atoms with Crippen LogP contribution in [-0.4, -0.2) is 9.55 Å². The molecule has 1 heterocycles. The molecule has 0 atom stereocenters. The minimum absolute atomic E-state index is 0.682. The standard InChI is InChI=1S/C23H16N2S2/c26-18-13-16-6-1-2-9-19(16)20(14-18)15-7-5-8-17(12-15)25-22-11-4-3-10-21(22)24-23(25)27/h1-14,26H,(H,24,27). The monoisotopic (exact) mass is 384 g/mol. The van der Waals surface area contributed by atoms with Gasteiger partial charge in [-0.25, -0.2) is 4.98 Å². The topological polar surface area (TPSA) is 17.8 Å². The molecule has 0 radical (unpaired) electrons. The predicted molar refractivity (Wildman–Crippen MR) is 119 cm³/mol. The van der Waals surface area contributed by atoms with Gasteiger partial charge < -0.3 is 0 Å². The first kappa shape index (κ1) is 16.5. The number of imidazole rings is 1. The fourth-order valence-corrected chi connectivity index (χ4v) is 4.21. The van der Waals surface area contributed by atoms with Gasteiger partial charge in [0.25, 0.3) is 0 Å². The highest BCUT2D eigenvalue weighted by Gasteiger charge is 2.11. The molecule has 0 saturated heterocycles. The van der Waals surface area contributed by atoms with Crippen molar-refractivity contribution < 1.29 is 0 Å². The Hall–Kier alpha value is -2.69. The molecular weight excluding hydrogens is 368 g/mol. The van der Waals surface area contributed by atoms with E-state index in [1.54, 1.807) is 0 Å². The largest absolute Gasteiger partial charge is 0.288 e. The fourth-order valence-electron chi connectivity index (χ4n) is 3.61. The third-order valence-electron chi connectivity index (χ3n) is 4.81. The van der Waals surface area contributed by atoms with Crippen molar-refractivity contribution in [2.45, 2.75) is 10.1 Å². The zero-order valence-electron chi connectivity index (χ0n) is 14.4. The highest BCUT2D eigenvalue weighted by Crippen LogP contribution is 2.33. The maximum absolute atomic E-state index is 4.60. The molecule has 4 aromatic carbocycles. The molecule has 0 aliphatic rings. The molecule has 5 rings (SSSR count). The molecule has 0 aliphatic heterocycles. The highest BCUT2D eigenvalue weighted by molar-refractivity contribution is 7.80. The van der Waals surface area contributed by atoms with E-state index in [0.717, 1.165) is 27.2 Å². The zero-order chi connectivity index (χ0) is 18.4. The summed E-state index contributed by atoms with van der Waals surface area (Å²) in [5.74, 6) is 0. The molecule has 0 unspecified atom stereocenters. The van der Waals surface area contributed by atoms with Gasteiger partial charge in [-0.05, 0) is 58.3 Å². The fraction of sp³-hybridized carbons (Fsp3) is 0. The lowest BCUT2D eigenvalue weighted by Crippen LogP contribution is -1.95. The molecule has 0 fully saturated rings. The number of hydrogen-bond acceptors (Lipinski definition) is 3. The molecule has 2 nitrogen and oxygen atoms in total. The van der Waals surface area contributed by atoms with E-state index in [4.69, 9.17) is 0 Å². The van der Waals surface area contributed by atoms with Crippen LogP contribution in [-0.2, 0) is 0 Å². The first-order valence-electron chi connectivity index (χ1n) is 8.70. The molecular formula is C23H16N2S2. The summed E-state index contributed by atoms with van der Waals surface area (Å²) in [4.78, 5) is 5.53. The van der Waals surface area contributed by atoms with E-state index in [2.05, 4.69) is 102 Å². The van der Waals surface area contributed by atoms with Crippen molar-refractivity contribution in [3.05, 3.63) is 84.9 Å². The average Bonchev–Trinajstić information content (AvgIpc) is 3.03. The Morgan fingerprint density at radius 2 is 1.56 bits per heavy atom. The molecule has 0 spiro atoms. The summed E-state index contributed by atoms with van der Waals surface area (Å²) in [6, 6.07) is 29.2. The van der Waals surface area contributed by atoms with Crippen LogP contribution in [0.4, 0.5) is 0 Å². The van der Waals surface area contributed by atoms with E-state index in [1.165, 1.54) is 16.3 Å². The van der Waals surface area contributed by atoms with Crippen LogP contribution in [0.5, 0.6) is 0 Å². The average molecular weight is 385 g/mol. The number of rotatable bonds is 2. The van der Waals surface area contributed by atoms with Crippen LogP contribution in [0.2, 0.25) is 0 Å². The zero-order valence-corrected chi connectivity index (χ0v) is 16.2. The maximum atomic E-state index is 4.60. The molecule has 27 heavy (non-hydrogen) atoms. The van der Waals surface area contributed by atoms with Crippen LogP contribution in [0, 0.1) is 0 Å². The smallest absolute Gasteiger partial charge is 0.170 e. The van der Waals surface area contributed by atoms with E-state index in [0.29, 0.717) is 5.16 Å². The number of nitrogens with zero attached hydrogens (tertiary/aromatic N) is 2. The summed E-state index contributed by atoms with van der Waals surface area (Å²) in [5.41, 5.74) is 5.35. The number of thiol groups is 2. The van der Waals surface area contributed by atoms with Gasteiger partial charge in [0.2, 0.25) is 0 Å². The first-order chi connectivity index (χ1) is 13.2. The van der Waals surface area contributed by atoms with Crippen molar-refractivity contribution in [3.8, 4) is 16.8 Å². The van der Waals surface area contributed by atoms with Crippen LogP contribution in [0.15, 0.2) is 95.0 Å². The Morgan fingerprint density at radius 3 is 2.48 bits per heavy atom. The first-order valence-corrected chi connectivity index (χ1v) is 9.59. The van der Waals surface area contributed by atoms with Crippen molar-refractivity contribution in [1.82, 2.24) is 9.55 Å². The number of para-hydroxylation sites is 2. The van der Waals surface area contributed by atoms with Crippen molar-refractivity contribution in [3.63, 3.8) is 0 Å². The third-order valence-corrected chi connectivity index (χ3v) is 5.36. The van der Waals surface area contributed by atoms with E-state index in [-0.39, 0.29) is 0 Å². The van der Waals surface area contributed by atoms with Gasteiger partial charge >= 0.3 is 0 Å². The number of aromatic nitrogens is 2. The normalized spacial score (nSPS) is 11.3. The van der Waals surface area contributed by atoms with E-state index < -0.39 is 0 Å². The SMILES string of the molecule is Sc1cc(-c2cccc(-n3c(S)nc4ccccc43)c2)c2ccccc2c1. The molecule has 1 aromatic heterocycles. The van der Waals surface area contributed by atoms with Gasteiger partial charge in [0.05, 0.1) is 11.0 Å². The van der Waals surface area contributed by atoms with Crippen LogP contribution in [0.3, 0.4) is 0 Å². The van der Waals surface area contributed by atoms with Crippen LogP contribution in [0.25, 0.3) is 38.6 Å². The maximum Gasteiger partial charge on any atom is 0.170 e. The van der Waals surface area contributed by atoms with Crippen molar-refractivity contribution in [1.29, 1.82) is 0 Å². The molecule has 0 N–H and O–H groups in total. The van der Waals surface area contributed by atoms with Crippen molar-refractivity contribution in [2.75, 3.05) is 0 Å². The minimum atomic E-state index is 0.682. The summed E-state index contributed by atoms with van der Waals surface area (Å²) >= 11 is 9.21. The highest BCUT2D eigenvalue weighted by atomic mass is 32.1. The van der Waals surface area contributed by atoms with E-state index in [1.807, 2.05) is 18.2 Å². The van der Waals surface area contributed by atoms with Gasteiger partial charge in [0.15, 0.2) is 5.16 Å². The Morgan fingerprint density at radius 1 is 0.741 bits per heavy atom. The molecule has 5 aromatic rings. The molecule has 0 amide bonds. The molecule has 130 valence electrons. The lowest BCUT2D eigenvalue weighted by atomic mass is 9.98. The third kappa shape index (κ3) is 2.82.